The summed E-state index contributed by atoms with van der Waals surface area (Å²) in [5.41, 5.74) is 0. The zero-order chi connectivity index (χ0) is 27.5. The van der Waals surface area contributed by atoms with Gasteiger partial charge in [0.1, 0.15) is 6.04 Å². The molecule has 0 rings (SSSR count). The van der Waals surface area contributed by atoms with E-state index in [1.165, 1.54) is 0 Å². The number of aliphatic carboxylic acids is 1. The van der Waals surface area contributed by atoms with E-state index in [0.29, 0.717) is 19.5 Å². The molecule has 0 bridgehead atoms. The molecular weight excluding hydrogens is 486 g/mol. The highest BCUT2D eigenvalue weighted by atomic mass is 32.1. The van der Waals surface area contributed by atoms with Crippen LogP contribution in [0.5, 0.6) is 0 Å². The van der Waals surface area contributed by atoms with Crippen molar-refractivity contribution in [1.82, 2.24) is 26.6 Å². The maximum atomic E-state index is 11.9. The number of thiol groups is 2. The minimum Gasteiger partial charge on any atom is -0.481 e. The van der Waals surface area contributed by atoms with Crippen LogP contribution in [0, 0.1) is 5.92 Å². The standard InChI is InChI=1S/C13H21N3O6.C5H12N2O.2CH4S/c1-8(2)10(18)5-15-13(22)9(3-4-12(20)21)16-11(19)6-14-7-17;1-3-7-5(8)4-6-2;2*1-2/h7-9H,3-6H2,1-2H3,(H,14,17)(H,15,22)(H,16,19)(H,20,21);6H,3-4H2,1-2H3,(H,7,8);2*2H,1H3. The fourth-order valence-corrected chi connectivity index (χ4v) is 1.84. The van der Waals surface area contributed by atoms with Gasteiger partial charge >= 0.3 is 5.97 Å². The van der Waals surface area contributed by atoms with Gasteiger partial charge in [-0.3, -0.25) is 28.8 Å². The van der Waals surface area contributed by atoms with Gasteiger partial charge in [-0.25, -0.2) is 0 Å². The number of likely N-dealkylation sites (N-methyl/N-ethyl adjacent to an activating group) is 2. The van der Waals surface area contributed by atoms with Crippen LogP contribution in [0.1, 0.15) is 33.6 Å². The molecule has 1 unspecified atom stereocenters. The SMILES string of the molecule is CC(C)C(=O)CNC(=O)C(CCC(=O)O)NC(=O)CNC=O.CCNC(=O)CNC.CS.CS. The number of amides is 4. The Hall–Kier alpha value is -2.32. The molecule has 1 atom stereocenters. The summed E-state index contributed by atoms with van der Waals surface area (Å²) in [5.74, 6) is -2.77. The van der Waals surface area contributed by atoms with Gasteiger partial charge in [-0.1, -0.05) is 13.8 Å². The molecule has 200 valence electrons. The van der Waals surface area contributed by atoms with Gasteiger partial charge in [-0.2, -0.15) is 25.3 Å². The van der Waals surface area contributed by atoms with Crippen LogP contribution in [0.4, 0.5) is 0 Å². The Morgan fingerprint density at radius 1 is 0.912 bits per heavy atom. The Morgan fingerprint density at radius 3 is 1.88 bits per heavy atom. The van der Waals surface area contributed by atoms with Crippen molar-refractivity contribution < 1.29 is 33.9 Å². The quantitative estimate of drug-likeness (QED) is 0.103. The van der Waals surface area contributed by atoms with Crippen LogP contribution in [-0.2, 0) is 28.8 Å². The first-order chi connectivity index (χ1) is 16.1. The largest absolute Gasteiger partial charge is 0.481 e. The van der Waals surface area contributed by atoms with Crippen LogP contribution < -0.4 is 26.6 Å². The lowest BCUT2D eigenvalue weighted by Crippen LogP contribution is -2.50. The van der Waals surface area contributed by atoms with Crippen LogP contribution in [0.15, 0.2) is 0 Å². The number of hydrogen-bond acceptors (Lipinski definition) is 9. The second-order valence-electron chi connectivity index (χ2n) is 6.37. The molecule has 0 radical (unpaired) electrons. The van der Waals surface area contributed by atoms with Gasteiger partial charge < -0.3 is 31.7 Å². The fraction of sp³-hybridized carbons (Fsp3) is 0.700. The van der Waals surface area contributed by atoms with E-state index in [0.717, 1.165) is 0 Å². The molecule has 0 aromatic rings. The fourth-order valence-electron chi connectivity index (χ4n) is 1.84. The van der Waals surface area contributed by atoms with Gasteiger partial charge in [0.05, 0.1) is 19.6 Å². The Balaban J connectivity index is -0.000000312. The zero-order valence-corrected chi connectivity index (χ0v) is 22.6. The molecule has 14 heteroatoms. The summed E-state index contributed by atoms with van der Waals surface area (Å²) in [5, 5.41) is 20.8. The van der Waals surface area contributed by atoms with Gasteiger partial charge in [-0.15, -0.1) is 0 Å². The Bertz CT molecular complexity index is 586. The Morgan fingerprint density at radius 2 is 1.47 bits per heavy atom. The van der Waals surface area contributed by atoms with Crippen molar-refractivity contribution in [3.05, 3.63) is 0 Å². The number of hydrogen-bond donors (Lipinski definition) is 8. The first-order valence-electron chi connectivity index (χ1n) is 10.4. The normalized spacial score (nSPS) is 9.79. The van der Waals surface area contributed by atoms with Crippen LogP contribution in [0.25, 0.3) is 0 Å². The molecule has 0 aliphatic rings. The van der Waals surface area contributed by atoms with Crippen molar-refractivity contribution in [3.63, 3.8) is 0 Å². The molecule has 12 nitrogen and oxygen atoms in total. The van der Waals surface area contributed by atoms with Crippen LogP contribution in [0.2, 0.25) is 0 Å². The summed E-state index contributed by atoms with van der Waals surface area (Å²) >= 11 is 7.06. The Kier molecular flexibility index (Phi) is 32.9. The van der Waals surface area contributed by atoms with Crippen molar-refractivity contribution in [2.24, 2.45) is 5.92 Å². The highest BCUT2D eigenvalue weighted by Gasteiger charge is 2.22. The third kappa shape index (κ3) is 27.7. The van der Waals surface area contributed by atoms with Gasteiger partial charge in [0.25, 0.3) is 0 Å². The Labute approximate surface area is 213 Å². The molecule has 0 heterocycles. The molecule has 0 aromatic carbocycles. The van der Waals surface area contributed by atoms with Crippen LogP contribution >= 0.6 is 25.3 Å². The van der Waals surface area contributed by atoms with E-state index < -0.39 is 23.8 Å². The molecule has 0 aliphatic heterocycles. The van der Waals surface area contributed by atoms with Crippen molar-refractivity contribution in [3.8, 4) is 0 Å². The highest BCUT2D eigenvalue weighted by molar-refractivity contribution is 7.79. The maximum Gasteiger partial charge on any atom is 0.303 e. The molecule has 0 aromatic heterocycles. The van der Waals surface area contributed by atoms with E-state index in [1.54, 1.807) is 33.4 Å². The number of carboxylic acid groups (broad SMARTS) is 1. The summed E-state index contributed by atoms with van der Waals surface area (Å²) in [6.07, 6.45) is 3.27. The molecule has 0 spiro atoms. The molecule has 4 amide bonds. The van der Waals surface area contributed by atoms with E-state index in [1.807, 2.05) is 6.92 Å². The lowest BCUT2D eigenvalue weighted by Gasteiger charge is -2.18. The highest BCUT2D eigenvalue weighted by Crippen LogP contribution is 1.99. The van der Waals surface area contributed by atoms with Gasteiger partial charge in [0.15, 0.2) is 5.78 Å². The smallest absolute Gasteiger partial charge is 0.303 e. The lowest BCUT2D eigenvalue weighted by atomic mass is 10.1. The number of carbonyl (C=O) groups excluding carboxylic acids is 5. The van der Waals surface area contributed by atoms with Crippen LogP contribution in [0.3, 0.4) is 0 Å². The topological polar surface area (TPSA) is 183 Å². The second-order valence-corrected chi connectivity index (χ2v) is 6.37. The number of carboxylic acids is 1. The predicted octanol–water partition coefficient (Wildman–Crippen LogP) is -1.14. The van der Waals surface area contributed by atoms with Crippen molar-refractivity contribution in [2.45, 2.75) is 39.7 Å². The first-order valence-corrected chi connectivity index (χ1v) is 12.2. The summed E-state index contributed by atoms with van der Waals surface area (Å²) < 4.78 is 0. The second kappa shape index (κ2) is 28.7. The minimum atomic E-state index is -1.11. The third-order valence-electron chi connectivity index (χ3n) is 3.44. The van der Waals surface area contributed by atoms with Gasteiger partial charge in [-0.05, 0) is 32.9 Å². The predicted molar refractivity (Wildman–Crippen MR) is 138 cm³/mol. The minimum absolute atomic E-state index is 0.0509. The molecule has 0 saturated heterocycles. The summed E-state index contributed by atoms with van der Waals surface area (Å²) in [6, 6.07) is -1.09. The molecule has 0 aliphatic carbocycles. The summed E-state index contributed by atoms with van der Waals surface area (Å²) in [7, 11) is 1.75. The number of nitrogens with one attached hydrogen (secondary N) is 5. The van der Waals surface area contributed by atoms with E-state index in [2.05, 4.69) is 51.8 Å². The summed E-state index contributed by atoms with van der Waals surface area (Å²) in [4.78, 5) is 66.0. The molecule has 0 saturated carbocycles. The zero-order valence-electron chi connectivity index (χ0n) is 20.8. The molecule has 6 N–H and O–H groups in total. The van der Waals surface area contributed by atoms with Crippen molar-refractivity contribution in [2.75, 3.05) is 45.7 Å². The maximum absolute atomic E-state index is 11.9. The summed E-state index contributed by atoms with van der Waals surface area (Å²) in [6.45, 7) is 5.86. The van der Waals surface area contributed by atoms with Gasteiger partial charge in [0.2, 0.25) is 24.1 Å². The van der Waals surface area contributed by atoms with E-state index in [9.17, 15) is 28.8 Å². The average molecular weight is 528 g/mol. The van der Waals surface area contributed by atoms with Gasteiger partial charge in [0, 0.05) is 18.9 Å². The molecule has 0 fully saturated rings. The molecule has 34 heavy (non-hydrogen) atoms. The molecular formula is C20H41N5O7S2. The van der Waals surface area contributed by atoms with E-state index >= 15 is 0 Å². The van der Waals surface area contributed by atoms with Crippen molar-refractivity contribution >= 4 is 61.1 Å². The number of carbonyl (C=O) groups is 6. The lowest BCUT2D eigenvalue weighted by molar-refractivity contribution is -0.138. The van der Waals surface area contributed by atoms with E-state index in [4.69, 9.17) is 5.11 Å². The first kappa shape index (κ1) is 38.9. The number of Topliss-reactive ketones (excluding diaryl/α,β-unsaturated/α-hetero) is 1. The third-order valence-corrected chi connectivity index (χ3v) is 3.44. The van der Waals surface area contributed by atoms with Crippen molar-refractivity contribution in [1.29, 1.82) is 0 Å². The van der Waals surface area contributed by atoms with E-state index in [-0.39, 0.29) is 43.5 Å². The van der Waals surface area contributed by atoms with Crippen LogP contribution in [-0.4, -0.2) is 92.8 Å². The number of ketones is 1. The average Bonchev–Trinajstić information content (AvgIpc) is 2.81. The monoisotopic (exact) mass is 527 g/mol. The number of rotatable bonds is 14.